The number of nitrogens with one attached hydrogen (secondary N) is 1. The van der Waals surface area contributed by atoms with Crippen LogP contribution in [0, 0.1) is 12.8 Å². The first-order valence-corrected chi connectivity index (χ1v) is 8.94. The number of thiophene rings is 1. The fourth-order valence-corrected chi connectivity index (χ4v) is 3.27. The highest BCUT2D eigenvalue weighted by molar-refractivity contribution is 7.12. The van der Waals surface area contributed by atoms with Gasteiger partial charge in [0.05, 0.1) is 6.61 Å². The summed E-state index contributed by atoms with van der Waals surface area (Å²) in [6, 6.07) is 2.90. The molecule has 0 bridgehead atoms. The van der Waals surface area contributed by atoms with E-state index in [2.05, 4.69) is 44.1 Å². The molecule has 0 aliphatic heterocycles. The first kappa shape index (κ1) is 16.9. The zero-order chi connectivity index (χ0) is 15.2. The van der Waals surface area contributed by atoms with Crippen LogP contribution in [-0.4, -0.2) is 37.7 Å². The largest absolute Gasteiger partial charge is 0.380 e. The maximum atomic E-state index is 5.72. The van der Waals surface area contributed by atoms with E-state index in [1.165, 1.54) is 28.2 Å². The van der Waals surface area contributed by atoms with E-state index in [0.29, 0.717) is 6.04 Å². The molecule has 1 N–H and O–H groups in total. The topological polar surface area (TPSA) is 24.5 Å². The van der Waals surface area contributed by atoms with Crippen molar-refractivity contribution in [1.82, 2.24) is 10.2 Å². The van der Waals surface area contributed by atoms with Crippen molar-refractivity contribution < 1.29 is 4.74 Å². The highest BCUT2D eigenvalue weighted by Crippen LogP contribution is 2.28. The fourth-order valence-electron chi connectivity index (χ4n) is 2.26. The van der Waals surface area contributed by atoms with Gasteiger partial charge in [-0.1, -0.05) is 13.8 Å². The van der Waals surface area contributed by atoms with E-state index in [-0.39, 0.29) is 0 Å². The van der Waals surface area contributed by atoms with Gasteiger partial charge >= 0.3 is 0 Å². The molecule has 1 saturated carbocycles. The summed E-state index contributed by atoms with van der Waals surface area (Å²) in [7, 11) is 2.18. The number of ether oxygens (including phenoxy) is 1. The molecular formula is C17H30N2OS. The van der Waals surface area contributed by atoms with Crippen LogP contribution >= 0.6 is 11.3 Å². The van der Waals surface area contributed by atoms with Crippen molar-refractivity contribution in [2.45, 2.75) is 52.7 Å². The zero-order valence-corrected chi connectivity index (χ0v) is 14.8. The van der Waals surface area contributed by atoms with E-state index in [4.69, 9.17) is 4.74 Å². The summed E-state index contributed by atoms with van der Waals surface area (Å²) < 4.78 is 5.72. The number of aryl methyl sites for hydroxylation is 1. The predicted molar refractivity (Wildman–Crippen MR) is 90.9 cm³/mol. The van der Waals surface area contributed by atoms with Gasteiger partial charge in [0, 0.05) is 42.0 Å². The van der Waals surface area contributed by atoms with Gasteiger partial charge in [-0.25, -0.2) is 0 Å². The first-order chi connectivity index (χ1) is 10.0. The van der Waals surface area contributed by atoms with E-state index in [1.807, 2.05) is 11.3 Å². The molecule has 21 heavy (non-hydrogen) atoms. The van der Waals surface area contributed by atoms with Gasteiger partial charge in [-0.3, -0.25) is 4.90 Å². The van der Waals surface area contributed by atoms with E-state index < -0.39 is 0 Å². The molecule has 1 heterocycles. The minimum absolute atomic E-state index is 0.544. The number of hydrogen-bond acceptors (Lipinski definition) is 4. The third-order valence-corrected chi connectivity index (χ3v) is 4.96. The highest BCUT2D eigenvalue weighted by Gasteiger charge is 2.21. The molecule has 0 radical (unpaired) electrons. The minimum Gasteiger partial charge on any atom is -0.380 e. The van der Waals surface area contributed by atoms with Crippen LogP contribution < -0.4 is 5.32 Å². The fraction of sp³-hybridized carbons (Fsp3) is 0.765. The van der Waals surface area contributed by atoms with Gasteiger partial charge in [-0.05, 0) is 44.4 Å². The SMILES string of the molecule is Cc1sc(CNC(C)C)cc1CN(C)CCOCC1CC1. The molecule has 1 fully saturated rings. The van der Waals surface area contributed by atoms with Crippen molar-refractivity contribution in [3.63, 3.8) is 0 Å². The third-order valence-electron chi connectivity index (χ3n) is 3.86. The molecule has 120 valence electrons. The van der Waals surface area contributed by atoms with Crippen molar-refractivity contribution >= 4 is 11.3 Å². The van der Waals surface area contributed by atoms with E-state index >= 15 is 0 Å². The number of hydrogen-bond donors (Lipinski definition) is 1. The molecule has 0 amide bonds. The second kappa shape index (κ2) is 8.28. The van der Waals surface area contributed by atoms with Gasteiger partial charge in [-0.15, -0.1) is 11.3 Å². The molecule has 1 aromatic heterocycles. The summed E-state index contributed by atoms with van der Waals surface area (Å²) in [5.74, 6) is 0.866. The van der Waals surface area contributed by atoms with Crippen molar-refractivity contribution in [2.24, 2.45) is 5.92 Å². The smallest absolute Gasteiger partial charge is 0.0593 e. The molecule has 0 aromatic carbocycles. The van der Waals surface area contributed by atoms with Crippen molar-refractivity contribution in [3.8, 4) is 0 Å². The first-order valence-electron chi connectivity index (χ1n) is 8.12. The molecule has 1 aromatic rings. The average molecular weight is 311 g/mol. The molecule has 1 aliphatic rings. The number of likely N-dealkylation sites (N-methyl/N-ethyl adjacent to an activating group) is 1. The van der Waals surface area contributed by atoms with Gasteiger partial charge in [0.25, 0.3) is 0 Å². The second-order valence-corrected chi connectivity index (χ2v) is 7.93. The molecule has 1 aliphatic carbocycles. The molecule has 0 atom stereocenters. The Morgan fingerprint density at radius 2 is 2.19 bits per heavy atom. The normalized spacial score (nSPS) is 15.3. The van der Waals surface area contributed by atoms with E-state index in [1.54, 1.807) is 0 Å². The summed E-state index contributed by atoms with van der Waals surface area (Å²) in [6.45, 7) is 11.5. The van der Waals surface area contributed by atoms with Gasteiger partial charge in [0.1, 0.15) is 0 Å². The maximum absolute atomic E-state index is 5.72. The summed E-state index contributed by atoms with van der Waals surface area (Å²) in [5.41, 5.74) is 1.46. The molecule has 0 unspecified atom stereocenters. The van der Waals surface area contributed by atoms with Crippen LogP contribution in [0.3, 0.4) is 0 Å². The average Bonchev–Trinajstić information content (AvgIpc) is 3.18. The van der Waals surface area contributed by atoms with Crippen LogP contribution in [0.25, 0.3) is 0 Å². The highest BCUT2D eigenvalue weighted by atomic mass is 32.1. The van der Waals surface area contributed by atoms with Gasteiger partial charge in [0.2, 0.25) is 0 Å². The Balaban J connectivity index is 1.70. The van der Waals surface area contributed by atoms with Crippen LogP contribution in [-0.2, 0) is 17.8 Å². The zero-order valence-electron chi connectivity index (χ0n) is 13.9. The molecular weight excluding hydrogens is 280 g/mol. The standard InChI is InChI=1S/C17H30N2OS/c1-13(2)18-10-17-9-16(14(3)21-17)11-19(4)7-8-20-12-15-5-6-15/h9,13,15,18H,5-8,10-12H2,1-4H3. The minimum atomic E-state index is 0.544. The Morgan fingerprint density at radius 3 is 2.86 bits per heavy atom. The summed E-state index contributed by atoms with van der Waals surface area (Å²) in [5, 5.41) is 3.49. The Morgan fingerprint density at radius 1 is 1.43 bits per heavy atom. The summed E-state index contributed by atoms with van der Waals surface area (Å²) in [4.78, 5) is 5.25. The van der Waals surface area contributed by atoms with Crippen LogP contribution in [0.5, 0.6) is 0 Å². The third kappa shape index (κ3) is 6.47. The Kier molecular flexibility index (Phi) is 6.68. The lowest BCUT2D eigenvalue weighted by atomic mass is 10.2. The monoisotopic (exact) mass is 310 g/mol. The molecule has 0 saturated heterocycles. The second-order valence-electron chi connectivity index (χ2n) is 6.59. The van der Waals surface area contributed by atoms with E-state index in [9.17, 15) is 0 Å². The Hall–Kier alpha value is -0.420. The molecule has 2 rings (SSSR count). The Labute approximate surface area is 133 Å². The Bertz CT molecular complexity index is 426. The number of rotatable bonds is 10. The van der Waals surface area contributed by atoms with Crippen molar-refractivity contribution in [2.75, 3.05) is 26.8 Å². The van der Waals surface area contributed by atoms with Gasteiger partial charge in [0.15, 0.2) is 0 Å². The summed E-state index contributed by atoms with van der Waals surface area (Å²) in [6.07, 6.45) is 2.74. The molecule has 3 nitrogen and oxygen atoms in total. The van der Waals surface area contributed by atoms with Gasteiger partial charge in [-0.2, -0.15) is 0 Å². The molecule has 4 heteroatoms. The lowest BCUT2D eigenvalue weighted by Crippen LogP contribution is -2.23. The number of nitrogens with zero attached hydrogens (tertiary/aromatic N) is 1. The van der Waals surface area contributed by atoms with Crippen molar-refractivity contribution in [3.05, 3.63) is 21.4 Å². The van der Waals surface area contributed by atoms with Gasteiger partial charge < -0.3 is 10.1 Å². The molecule has 0 spiro atoms. The van der Waals surface area contributed by atoms with Crippen molar-refractivity contribution in [1.29, 1.82) is 0 Å². The van der Waals surface area contributed by atoms with Crippen LogP contribution in [0.2, 0.25) is 0 Å². The summed E-state index contributed by atoms with van der Waals surface area (Å²) >= 11 is 1.92. The van der Waals surface area contributed by atoms with Crippen LogP contribution in [0.15, 0.2) is 6.07 Å². The quantitative estimate of drug-likeness (QED) is 0.670. The lowest BCUT2D eigenvalue weighted by Gasteiger charge is -2.16. The maximum Gasteiger partial charge on any atom is 0.0593 e. The van der Waals surface area contributed by atoms with Crippen LogP contribution in [0.1, 0.15) is 42.0 Å². The van der Waals surface area contributed by atoms with E-state index in [0.717, 1.165) is 38.8 Å². The predicted octanol–water partition coefficient (Wildman–Crippen LogP) is 3.41. The lowest BCUT2D eigenvalue weighted by molar-refractivity contribution is 0.102. The van der Waals surface area contributed by atoms with Crippen LogP contribution in [0.4, 0.5) is 0 Å².